The summed E-state index contributed by atoms with van der Waals surface area (Å²) in [5.41, 5.74) is 4.76. The highest BCUT2D eigenvalue weighted by molar-refractivity contribution is 5.83. The maximum absolute atomic E-state index is 11.0. The number of unbranched alkanes of at least 4 members (excludes halogenated alkanes) is 2. The van der Waals surface area contributed by atoms with Crippen LogP contribution in [0.2, 0.25) is 0 Å². The van der Waals surface area contributed by atoms with E-state index in [0.717, 1.165) is 25.8 Å². The number of carbonyl (C=O) groups excluding carboxylic acids is 1. The van der Waals surface area contributed by atoms with Crippen LogP contribution in [0, 0.1) is 6.92 Å². The molecule has 0 bridgehead atoms. The molecule has 0 atom stereocenters. The second-order valence-corrected chi connectivity index (χ2v) is 4.90. The topological polar surface area (TPSA) is 60.0 Å². The number of rotatable bonds is 6. The van der Waals surface area contributed by atoms with E-state index < -0.39 is 0 Å². The number of carbonyl (C=O) groups is 1. The lowest BCUT2D eigenvalue weighted by molar-refractivity contribution is -0.121. The summed E-state index contributed by atoms with van der Waals surface area (Å²) in [7, 11) is 0. The molecule has 0 aliphatic heterocycles. The van der Waals surface area contributed by atoms with Crippen LogP contribution in [0.15, 0.2) is 30.5 Å². The summed E-state index contributed by atoms with van der Waals surface area (Å²) in [4.78, 5) is 11.0. The normalized spacial score (nSPS) is 10.8. The summed E-state index contributed by atoms with van der Waals surface area (Å²) in [6, 6.07) is 8.56. The molecule has 1 aromatic carbocycles. The quantitative estimate of drug-likeness (QED) is 0.362. The van der Waals surface area contributed by atoms with Crippen molar-refractivity contribution < 1.29 is 4.79 Å². The summed E-state index contributed by atoms with van der Waals surface area (Å²) in [5.74, 6) is 4.96. The van der Waals surface area contributed by atoms with Crippen molar-refractivity contribution in [2.75, 3.05) is 0 Å². The van der Waals surface area contributed by atoms with Crippen molar-refractivity contribution in [3.05, 3.63) is 36.0 Å². The molecule has 0 saturated heterocycles. The van der Waals surface area contributed by atoms with Crippen molar-refractivity contribution in [3.8, 4) is 0 Å². The van der Waals surface area contributed by atoms with Crippen molar-refractivity contribution >= 4 is 16.8 Å². The van der Waals surface area contributed by atoms with Crippen LogP contribution in [-0.4, -0.2) is 10.5 Å². The zero-order valence-corrected chi connectivity index (χ0v) is 11.4. The number of fused-ring (bicyclic) bond motifs is 1. The molecule has 0 saturated carbocycles. The molecule has 1 aromatic heterocycles. The Balaban J connectivity index is 1.85. The number of nitrogens with two attached hydrogens (primary N) is 1. The van der Waals surface area contributed by atoms with Gasteiger partial charge in [0.1, 0.15) is 0 Å². The van der Waals surface area contributed by atoms with Gasteiger partial charge in [0.25, 0.3) is 0 Å². The minimum absolute atomic E-state index is 0.0814. The Kier molecular flexibility index (Phi) is 4.58. The van der Waals surface area contributed by atoms with Gasteiger partial charge in [-0.05, 0) is 37.5 Å². The smallest absolute Gasteiger partial charge is 0.233 e. The van der Waals surface area contributed by atoms with E-state index in [-0.39, 0.29) is 5.91 Å². The number of amides is 1. The van der Waals surface area contributed by atoms with Crippen LogP contribution in [-0.2, 0) is 11.3 Å². The molecule has 4 heteroatoms. The number of benzene rings is 1. The van der Waals surface area contributed by atoms with Gasteiger partial charge in [0.2, 0.25) is 5.91 Å². The average molecular weight is 259 g/mol. The molecule has 102 valence electrons. The molecular weight excluding hydrogens is 238 g/mol. The van der Waals surface area contributed by atoms with Gasteiger partial charge in [-0.2, -0.15) is 0 Å². The van der Waals surface area contributed by atoms with Crippen molar-refractivity contribution in [3.63, 3.8) is 0 Å². The van der Waals surface area contributed by atoms with Crippen molar-refractivity contribution in [2.24, 2.45) is 5.84 Å². The summed E-state index contributed by atoms with van der Waals surface area (Å²) in [6.45, 7) is 3.13. The third kappa shape index (κ3) is 3.35. The van der Waals surface area contributed by atoms with Gasteiger partial charge in [-0.3, -0.25) is 10.2 Å². The van der Waals surface area contributed by atoms with Crippen LogP contribution in [0.1, 0.15) is 31.2 Å². The second-order valence-electron chi connectivity index (χ2n) is 4.90. The van der Waals surface area contributed by atoms with Gasteiger partial charge < -0.3 is 4.57 Å². The lowest BCUT2D eigenvalue weighted by atomic mass is 10.1. The van der Waals surface area contributed by atoms with E-state index in [4.69, 9.17) is 5.84 Å². The van der Waals surface area contributed by atoms with Crippen LogP contribution in [0.5, 0.6) is 0 Å². The van der Waals surface area contributed by atoms with E-state index in [1.54, 1.807) is 0 Å². The SMILES string of the molecule is Cc1cccc2c1ccn2CCCCCC(=O)NN. The number of nitrogens with one attached hydrogen (secondary N) is 1. The summed E-state index contributed by atoms with van der Waals surface area (Å²) < 4.78 is 2.28. The van der Waals surface area contributed by atoms with Crippen molar-refractivity contribution in [1.29, 1.82) is 0 Å². The van der Waals surface area contributed by atoms with Gasteiger partial charge in [0, 0.05) is 30.1 Å². The predicted octanol–water partition coefficient (Wildman–Crippen LogP) is 2.50. The molecule has 19 heavy (non-hydrogen) atoms. The summed E-state index contributed by atoms with van der Waals surface area (Å²) in [6.07, 6.45) is 5.67. The van der Waals surface area contributed by atoms with E-state index in [1.807, 2.05) is 0 Å². The van der Waals surface area contributed by atoms with Crippen LogP contribution in [0.25, 0.3) is 10.9 Å². The molecule has 2 aromatic rings. The highest BCUT2D eigenvalue weighted by Crippen LogP contribution is 2.20. The number of aryl methyl sites for hydroxylation is 2. The van der Waals surface area contributed by atoms with Crippen molar-refractivity contribution in [2.45, 2.75) is 39.2 Å². The first kappa shape index (κ1) is 13.6. The van der Waals surface area contributed by atoms with Gasteiger partial charge >= 0.3 is 0 Å². The zero-order valence-electron chi connectivity index (χ0n) is 11.4. The first-order chi connectivity index (χ1) is 9.22. The molecular formula is C15H21N3O. The maximum Gasteiger partial charge on any atom is 0.233 e. The molecule has 0 unspecified atom stereocenters. The predicted molar refractivity (Wildman–Crippen MR) is 77.5 cm³/mol. The number of hydrazine groups is 1. The molecule has 1 amide bonds. The van der Waals surface area contributed by atoms with E-state index >= 15 is 0 Å². The van der Waals surface area contributed by atoms with Crippen LogP contribution >= 0.6 is 0 Å². The number of hydrogen-bond acceptors (Lipinski definition) is 2. The Hall–Kier alpha value is -1.81. The molecule has 0 spiro atoms. The van der Waals surface area contributed by atoms with E-state index in [1.165, 1.54) is 16.5 Å². The van der Waals surface area contributed by atoms with E-state index in [0.29, 0.717) is 6.42 Å². The first-order valence-corrected chi connectivity index (χ1v) is 6.76. The zero-order chi connectivity index (χ0) is 13.7. The van der Waals surface area contributed by atoms with Gasteiger partial charge in [-0.15, -0.1) is 0 Å². The lowest BCUT2D eigenvalue weighted by Crippen LogP contribution is -2.29. The molecule has 0 radical (unpaired) electrons. The minimum Gasteiger partial charge on any atom is -0.347 e. The molecule has 3 N–H and O–H groups in total. The highest BCUT2D eigenvalue weighted by Gasteiger charge is 2.03. The standard InChI is InChI=1S/C15H21N3O/c1-12-6-5-7-14-13(12)9-11-18(14)10-4-2-3-8-15(19)17-16/h5-7,9,11H,2-4,8,10,16H2,1H3,(H,17,19). The fraction of sp³-hybridized carbons (Fsp3) is 0.400. The van der Waals surface area contributed by atoms with Crippen molar-refractivity contribution in [1.82, 2.24) is 9.99 Å². The Labute approximate surface area is 113 Å². The highest BCUT2D eigenvalue weighted by atomic mass is 16.2. The van der Waals surface area contributed by atoms with Gasteiger partial charge in [0.05, 0.1) is 0 Å². The lowest BCUT2D eigenvalue weighted by Gasteiger charge is -2.06. The Morgan fingerprint density at radius 2 is 2.11 bits per heavy atom. The largest absolute Gasteiger partial charge is 0.347 e. The molecule has 1 heterocycles. The Bertz CT molecular complexity index is 560. The number of hydrogen-bond donors (Lipinski definition) is 2. The first-order valence-electron chi connectivity index (χ1n) is 6.76. The average Bonchev–Trinajstić information content (AvgIpc) is 2.83. The fourth-order valence-electron chi connectivity index (χ4n) is 2.39. The Morgan fingerprint density at radius 3 is 2.89 bits per heavy atom. The third-order valence-corrected chi connectivity index (χ3v) is 3.50. The molecule has 0 aliphatic rings. The van der Waals surface area contributed by atoms with E-state index in [9.17, 15) is 4.79 Å². The fourth-order valence-corrected chi connectivity index (χ4v) is 2.39. The third-order valence-electron chi connectivity index (χ3n) is 3.50. The van der Waals surface area contributed by atoms with E-state index in [2.05, 4.69) is 47.4 Å². The van der Waals surface area contributed by atoms with Crippen LogP contribution < -0.4 is 11.3 Å². The number of aromatic nitrogens is 1. The van der Waals surface area contributed by atoms with Crippen LogP contribution in [0.4, 0.5) is 0 Å². The molecule has 2 rings (SSSR count). The van der Waals surface area contributed by atoms with Gasteiger partial charge in [-0.1, -0.05) is 18.6 Å². The Morgan fingerprint density at radius 1 is 1.26 bits per heavy atom. The van der Waals surface area contributed by atoms with Gasteiger partial charge in [0.15, 0.2) is 0 Å². The summed E-state index contributed by atoms with van der Waals surface area (Å²) >= 11 is 0. The minimum atomic E-state index is -0.0814. The number of nitrogens with zero attached hydrogens (tertiary/aromatic N) is 1. The molecule has 4 nitrogen and oxygen atoms in total. The van der Waals surface area contributed by atoms with Gasteiger partial charge in [-0.25, -0.2) is 5.84 Å². The second kappa shape index (κ2) is 6.38. The summed E-state index contributed by atoms with van der Waals surface area (Å²) in [5, 5.41) is 1.32. The monoisotopic (exact) mass is 259 g/mol. The van der Waals surface area contributed by atoms with Crippen LogP contribution in [0.3, 0.4) is 0 Å². The molecule has 0 aliphatic carbocycles. The maximum atomic E-state index is 11.0. The molecule has 0 fully saturated rings.